The molecule has 0 aliphatic heterocycles. The summed E-state index contributed by atoms with van der Waals surface area (Å²) in [5.74, 6) is 0.266. The van der Waals surface area contributed by atoms with Gasteiger partial charge in [-0.1, -0.05) is 18.5 Å². The molecule has 4 heteroatoms. The Morgan fingerprint density at radius 1 is 1.60 bits per heavy atom. The highest BCUT2D eigenvalue weighted by Gasteiger charge is 2.09. The normalized spacial score (nSPS) is 12.7. The summed E-state index contributed by atoms with van der Waals surface area (Å²) in [6.07, 6.45) is 1.09. The van der Waals surface area contributed by atoms with Gasteiger partial charge >= 0.3 is 0 Å². The average molecular weight is 246 g/mol. The Bertz CT molecular complexity index is 324. The van der Waals surface area contributed by atoms with Crippen LogP contribution in [0.15, 0.2) is 12.1 Å². The van der Waals surface area contributed by atoms with Crippen LogP contribution in [0.5, 0.6) is 0 Å². The van der Waals surface area contributed by atoms with Gasteiger partial charge in [-0.25, -0.2) is 0 Å². The topological polar surface area (TPSA) is 29.1 Å². The van der Waals surface area contributed by atoms with E-state index in [1.807, 2.05) is 26.0 Å². The Labute approximate surface area is 99.6 Å². The van der Waals surface area contributed by atoms with Gasteiger partial charge < -0.3 is 5.32 Å². The van der Waals surface area contributed by atoms with E-state index in [0.29, 0.717) is 12.8 Å². The second kappa shape index (κ2) is 6.26. The Kier molecular flexibility index (Phi) is 5.29. The van der Waals surface area contributed by atoms with Gasteiger partial charge in [0, 0.05) is 23.8 Å². The fourth-order valence-electron chi connectivity index (χ4n) is 1.48. The van der Waals surface area contributed by atoms with Crippen molar-refractivity contribution in [2.24, 2.45) is 0 Å². The molecule has 0 fully saturated rings. The average Bonchev–Trinajstić information content (AvgIpc) is 2.51. The third-order valence-electron chi connectivity index (χ3n) is 2.09. The highest BCUT2D eigenvalue weighted by Crippen LogP contribution is 2.22. The first-order chi connectivity index (χ1) is 7.11. The number of rotatable bonds is 6. The summed E-state index contributed by atoms with van der Waals surface area (Å²) in [4.78, 5) is 12.7. The van der Waals surface area contributed by atoms with E-state index in [9.17, 15) is 4.79 Å². The van der Waals surface area contributed by atoms with E-state index in [2.05, 4.69) is 5.32 Å². The van der Waals surface area contributed by atoms with Crippen LogP contribution in [-0.2, 0) is 11.2 Å². The fourth-order valence-corrected chi connectivity index (χ4v) is 2.59. The number of carbonyl (C=O) groups excluding carboxylic acids is 1. The van der Waals surface area contributed by atoms with Gasteiger partial charge in [-0.3, -0.25) is 4.79 Å². The van der Waals surface area contributed by atoms with Crippen molar-refractivity contribution in [2.45, 2.75) is 32.7 Å². The smallest absolute Gasteiger partial charge is 0.139 e. The number of nitrogens with one attached hydrogen (secondary N) is 1. The van der Waals surface area contributed by atoms with Crippen molar-refractivity contribution in [1.29, 1.82) is 0 Å². The van der Waals surface area contributed by atoms with Crippen LogP contribution in [0.1, 0.15) is 25.1 Å². The van der Waals surface area contributed by atoms with Crippen molar-refractivity contribution in [2.75, 3.05) is 6.54 Å². The van der Waals surface area contributed by atoms with Gasteiger partial charge in [0.1, 0.15) is 5.78 Å². The third kappa shape index (κ3) is 4.78. The molecule has 2 nitrogen and oxygen atoms in total. The largest absolute Gasteiger partial charge is 0.314 e. The van der Waals surface area contributed by atoms with Gasteiger partial charge in [-0.15, -0.1) is 11.3 Å². The van der Waals surface area contributed by atoms with Crippen LogP contribution in [0.4, 0.5) is 0 Å². The first kappa shape index (κ1) is 12.7. The lowest BCUT2D eigenvalue weighted by Gasteiger charge is -2.10. The fraction of sp³-hybridized carbons (Fsp3) is 0.545. The zero-order valence-electron chi connectivity index (χ0n) is 9.05. The Balaban J connectivity index is 2.36. The minimum absolute atomic E-state index is 0.262. The molecule has 0 bridgehead atoms. The lowest BCUT2D eigenvalue weighted by atomic mass is 10.1. The van der Waals surface area contributed by atoms with Crippen LogP contribution in [0, 0.1) is 0 Å². The monoisotopic (exact) mass is 245 g/mol. The molecule has 1 aromatic rings. The number of Topliss-reactive ketones (excluding diaryl/α,β-unsaturated/α-hetero) is 1. The highest BCUT2D eigenvalue weighted by molar-refractivity contribution is 7.16. The Morgan fingerprint density at radius 2 is 2.33 bits per heavy atom. The first-order valence-corrected chi connectivity index (χ1v) is 6.30. The summed E-state index contributed by atoms with van der Waals surface area (Å²) >= 11 is 7.27. The van der Waals surface area contributed by atoms with Crippen LogP contribution in [-0.4, -0.2) is 18.4 Å². The molecule has 0 amide bonds. The van der Waals surface area contributed by atoms with Crippen molar-refractivity contribution < 1.29 is 4.79 Å². The lowest BCUT2D eigenvalue weighted by Crippen LogP contribution is -2.28. The second-order valence-corrected chi connectivity index (χ2v) is 5.38. The van der Waals surface area contributed by atoms with E-state index in [1.165, 1.54) is 11.3 Å². The van der Waals surface area contributed by atoms with Crippen molar-refractivity contribution in [3.63, 3.8) is 0 Å². The first-order valence-electron chi connectivity index (χ1n) is 5.11. The van der Waals surface area contributed by atoms with Crippen molar-refractivity contribution in [1.82, 2.24) is 5.32 Å². The minimum atomic E-state index is 0.262. The zero-order valence-corrected chi connectivity index (χ0v) is 10.6. The molecule has 0 radical (unpaired) electrons. The molecule has 84 valence electrons. The summed E-state index contributed by atoms with van der Waals surface area (Å²) in [5.41, 5.74) is 0. The summed E-state index contributed by atoms with van der Waals surface area (Å²) in [7, 11) is 0. The lowest BCUT2D eigenvalue weighted by molar-refractivity contribution is -0.118. The molecule has 15 heavy (non-hydrogen) atoms. The van der Waals surface area contributed by atoms with Crippen molar-refractivity contribution >= 4 is 28.7 Å². The van der Waals surface area contributed by atoms with E-state index >= 15 is 0 Å². The summed E-state index contributed by atoms with van der Waals surface area (Å²) in [5, 5.41) is 3.22. The van der Waals surface area contributed by atoms with Gasteiger partial charge in [-0.2, -0.15) is 0 Å². The molecule has 0 aliphatic rings. The molecule has 1 N–H and O–H groups in total. The maximum atomic E-state index is 11.6. The molecule has 0 saturated carbocycles. The van der Waals surface area contributed by atoms with Crippen LogP contribution in [0.3, 0.4) is 0 Å². The summed E-state index contributed by atoms with van der Waals surface area (Å²) < 4.78 is 0.748. The van der Waals surface area contributed by atoms with Crippen molar-refractivity contribution in [3.05, 3.63) is 21.3 Å². The van der Waals surface area contributed by atoms with Crippen molar-refractivity contribution in [3.8, 4) is 0 Å². The van der Waals surface area contributed by atoms with Crippen LogP contribution >= 0.6 is 22.9 Å². The second-order valence-electron chi connectivity index (χ2n) is 3.58. The highest BCUT2D eigenvalue weighted by atomic mass is 35.5. The minimum Gasteiger partial charge on any atom is -0.314 e. The predicted molar refractivity (Wildman–Crippen MR) is 65.8 cm³/mol. The number of carbonyl (C=O) groups is 1. The molecule has 1 atom stereocenters. The standard InChI is InChI=1S/C11H16ClNOS/c1-3-13-8(2)6-9(14)7-10-4-5-11(12)15-10/h4-5,8,13H,3,6-7H2,1-2H3. The molecule has 1 heterocycles. The Hall–Kier alpha value is -0.380. The molecule has 1 rings (SSSR count). The van der Waals surface area contributed by atoms with E-state index in [-0.39, 0.29) is 11.8 Å². The quantitative estimate of drug-likeness (QED) is 0.835. The van der Waals surface area contributed by atoms with Gasteiger partial charge in [0.25, 0.3) is 0 Å². The Morgan fingerprint density at radius 3 is 2.87 bits per heavy atom. The molecule has 0 aromatic carbocycles. The van der Waals surface area contributed by atoms with Gasteiger partial charge in [0.15, 0.2) is 0 Å². The van der Waals surface area contributed by atoms with Crippen LogP contribution in [0.2, 0.25) is 4.34 Å². The molecule has 0 spiro atoms. The van der Waals surface area contributed by atoms with E-state index in [0.717, 1.165) is 15.8 Å². The SMILES string of the molecule is CCNC(C)CC(=O)Cc1ccc(Cl)s1. The summed E-state index contributed by atoms with van der Waals surface area (Å²) in [6.45, 7) is 4.97. The number of ketones is 1. The zero-order chi connectivity index (χ0) is 11.3. The van der Waals surface area contributed by atoms with Gasteiger partial charge in [-0.05, 0) is 25.6 Å². The summed E-state index contributed by atoms with van der Waals surface area (Å²) in [6, 6.07) is 4.02. The third-order valence-corrected chi connectivity index (χ3v) is 3.32. The predicted octanol–water partition coefficient (Wildman–Crippen LogP) is 2.90. The maximum Gasteiger partial charge on any atom is 0.139 e. The van der Waals surface area contributed by atoms with E-state index < -0.39 is 0 Å². The number of hydrogen-bond donors (Lipinski definition) is 1. The molecule has 1 unspecified atom stereocenters. The number of halogens is 1. The number of hydrogen-bond acceptors (Lipinski definition) is 3. The molecule has 1 aromatic heterocycles. The van der Waals surface area contributed by atoms with E-state index in [1.54, 1.807) is 0 Å². The molecule has 0 saturated heterocycles. The maximum absolute atomic E-state index is 11.6. The van der Waals surface area contributed by atoms with Crippen LogP contribution < -0.4 is 5.32 Å². The molecular formula is C11H16ClNOS. The van der Waals surface area contributed by atoms with Crippen LogP contribution in [0.25, 0.3) is 0 Å². The molecule has 0 aliphatic carbocycles. The molecular weight excluding hydrogens is 230 g/mol. The number of thiophene rings is 1. The van der Waals surface area contributed by atoms with Gasteiger partial charge in [0.05, 0.1) is 4.34 Å². The van der Waals surface area contributed by atoms with Gasteiger partial charge in [0.2, 0.25) is 0 Å². The van der Waals surface area contributed by atoms with E-state index in [4.69, 9.17) is 11.6 Å².